The third kappa shape index (κ3) is 4.18. The van der Waals surface area contributed by atoms with Crippen LogP contribution in [-0.4, -0.2) is 28.8 Å². The van der Waals surface area contributed by atoms with E-state index in [0.717, 1.165) is 18.2 Å². The summed E-state index contributed by atoms with van der Waals surface area (Å²) in [5, 5.41) is 27.4. The van der Waals surface area contributed by atoms with Gasteiger partial charge in [0.25, 0.3) is 10.0 Å². The number of H-pyrrole nitrogens is 1. The molecule has 11 heteroatoms. The topological polar surface area (TPSA) is 125 Å². The highest BCUT2D eigenvalue weighted by Crippen LogP contribution is 2.41. The van der Waals surface area contributed by atoms with Crippen LogP contribution >= 0.6 is 11.6 Å². The van der Waals surface area contributed by atoms with Gasteiger partial charge in [-0.25, -0.2) is 12.8 Å². The van der Waals surface area contributed by atoms with Gasteiger partial charge in [-0.05, 0) is 30.3 Å². The smallest absolute Gasteiger partial charge is 0.265 e. The minimum Gasteiger partial charge on any atom is -0.507 e. The molecule has 4 rings (SSSR count). The second-order valence-corrected chi connectivity index (χ2v) is 8.62. The Hall–Kier alpha value is -3.76. The number of phenolic OH excluding ortho intramolecular Hbond substituents is 2. The molecule has 4 aromatic rings. The lowest BCUT2D eigenvalue weighted by molar-refractivity contribution is 0.440. The quantitative estimate of drug-likeness (QED) is 0.315. The molecule has 0 spiro atoms. The van der Waals surface area contributed by atoms with E-state index < -0.39 is 32.2 Å². The number of aromatic nitrogens is 2. The van der Waals surface area contributed by atoms with Crippen LogP contribution in [0.2, 0.25) is 5.02 Å². The summed E-state index contributed by atoms with van der Waals surface area (Å²) >= 11 is 6.11. The van der Waals surface area contributed by atoms with Crippen LogP contribution in [-0.2, 0) is 10.0 Å². The first-order chi connectivity index (χ1) is 15.3. The first kappa shape index (κ1) is 21.5. The van der Waals surface area contributed by atoms with Gasteiger partial charge in [0, 0.05) is 11.6 Å². The highest BCUT2D eigenvalue weighted by atomic mass is 35.5. The van der Waals surface area contributed by atoms with Gasteiger partial charge in [-0.15, -0.1) is 0 Å². The van der Waals surface area contributed by atoms with Crippen molar-refractivity contribution in [2.75, 3.05) is 4.72 Å². The van der Waals surface area contributed by atoms with Crippen molar-refractivity contribution in [3.05, 3.63) is 77.7 Å². The number of aromatic amines is 1. The molecule has 0 aliphatic carbocycles. The van der Waals surface area contributed by atoms with Gasteiger partial charge in [-0.3, -0.25) is 9.82 Å². The molecule has 3 aromatic carbocycles. The highest BCUT2D eigenvalue weighted by molar-refractivity contribution is 7.92. The van der Waals surface area contributed by atoms with E-state index in [1.54, 1.807) is 24.3 Å². The zero-order valence-electron chi connectivity index (χ0n) is 16.1. The summed E-state index contributed by atoms with van der Waals surface area (Å²) in [5.74, 6) is -1.52. The number of ether oxygens (including phenoxy) is 1. The summed E-state index contributed by atoms with van der Waals surface area (Å²) in [6.07, 6.45) is 1.32. The molecular weight excluding hydrogens is 461 g/mol. The van der Waals surface area contributed by atoms with Gasteiger partial charge in [0.1, 0.15) is 33.7 Å². The molecule has 0 fully saturated rings. The molecule has 0 unspecified atom stereocenters. The van der Waals surface area contributed by atoms with E-state index >= 15 is 0 Å². The lowest BCUT2D eigenvalue weighted by Gasteiger charge is -2.13. The van der Waals surface area contributed by atoms with Crippen LogP contribution in [0.3, 0.4) is 0 Å². The zero-order chi connectivity index (χ0) is 22.9. The summed E-state index contributed by atoms with van der Waals surface area (Å²) in [6, 6.07) is 13.7. The number of hydrogen-bond acceptors (Lipinski definition) is 6. The summed E-state index contributed by atoms with van der Waals surface area (Å²) in [7, 11) is -4.42. The lowest BCUT2D eigenvalue weighted by Crippen LogP contribution is -2.14. The fourth-order valence-electron chi connectivity index (χ4n) is 2.91. The number of para-hydroxylation sites is 2. The van der Waals surface area contributed by atoms with Gasteiger partial charge in [-0.1, -0.05) is 35.9 Å². The van der Waals surface area contributed by atoms with Gasteiger partial charge in [0.2, 0.25) is 0 Å². The van der Waals surface area contributed by atoms with Gasteiger partial charge in [0.05, 0.1) is 16.9 Å². The predicted octanol–water partition coefficient (Wildman–Crippen LogP) is 4.87. The molecule has 1 heterocycles. The second-order valence-electron chi connectivity index (χ2n) is 6.56. The maximum absolute atomic E-state index is 13.9. The van der Waals surface area contributed by atoms with Crippen LogP contribution in [0.1, 0.15) is 0 Å². The molecule has 164 valence electrons. The molecule has 0 saturated heterocycles. The maximum atomic E-state index is 13.9. The number of phenols is 2. The van der Waals surface area contributed by atoms with Crippen LogP contribution in [0.4, 0.5) is 10.1 Å². The van der Waals surface area contributed by atoms with Crippen LogP contribution in [0.15, 0.2) is 71.8 Å². The number of rotatable bonds is 6. The van der Waals surface area contributed by atoms with Crippen molar-refractivity contribution in [2.24, 2.45) is 0 Å². The average molecular weight is 476 g/mol. The minimum absolute atomic E-state index is 0.0312. The largest absolute Gasteiger partial charge is 0.507 e. The van der Waals surface area contributed by atoms with E-state index in [2.05, 4.69) is 14.9 Å². The summed E-state index contributed by atoms with van der Waals surface area (Å²) in [5.41, 5.74) is -0.202. The van der Waals surface area contributed by atoms with Crippen molar-refractivity contribution < 1.29 is 27.8 Å². The van der Waals surface area contributed by atoms with E-state index in [1.165, 1.54) is 24.4 Å². The second kappa shape index (κ2) is 8.40. The van der Waals surface area contributed by atoms with Crippen molar-refractivity contribution in [1.82, 2.24) is 10.2 Å². The van der Waals surface area contributed by atoms with E-state index in [1.807, 2.05) is 0 Å². The van der Waals surface area contributed by atoms with E-state index in [9.17, 15) is 23.0 Å². The zero-order valence-corrected chi connectivity index (χ0v) is 17.7. The molecule has 8 nitrogen and oxygen atoms in total. The van der Waals surface area contributed by atoms with Gasteiger partial charge >= 0.3 is 0 Å². The third-order valence-electron chi connectivity index (χ3n) is 4.42. The van der Waals surface area contributed by atoms with Gasteiger partial charge in [-0.2, -0.15) is 5.10 Å². The number of anilines is 1. The first-order valence-corrected chi connectivity index (χ1v) is 10.9. The summed E-state index contributed by atoms with van der Waals surface area (Å²) in [4.78, 5) is -0.591. The van der Waals surface area contributed by atoms with Crippen molar-refractivity contribution in [3.63, 3.8) is 0 Å². The minimum atomic E-state index is -4.42. The van der Waals surface area contributed by atoms with Gasteiger partial charge in [0.15, 0.2) is 5.75 Å². The Labute approximate surface area is 186 Å². The average Bonchev–Trinajstić information content (AvgIpc) is 3.19. The number of benzene rings is 3. The van der Waals surface area contributed by atoms with Gasteiger partial charge < -0.3 is 14.9 Å². The van der Waals surface area contributed by atoms with E-state index in [4.69, 9.17) is 16.3 Å². The standard InChI is InChI=1S/C21H15ClFN3O5S/c22-13-5-1-4-8-18(13)31-19-11-24-25-21(19)12-9-20(17(28)10-16(12)27)32(29,30)26-15-7-3-2-6-14(15)23/h1-11,26-28H,(H,24,25). The lowest BCUT2D eigenvalue weighted by atomic mass is 10.1. The highest BCUT2D eigenvalue weighted by Gasteiger charge is 2.25. The van der Waals surface area contributed by atoms with Crippen LogP contribution in [0, 0.1) is 5.82 Å². The molecule has 4 N–H and O–H groups in total. The normalized spacial score (nSPS) is 11.3. The Bertz CT molecular complexity index is 1410. The van der Waals surface area contributed by atoms with Crippen LogP contribution in [0.5, 0.6) is 23.0 Å². The molecule has 0 bridgehead atoms. The molecule has 0 aliphatic rings. The van der Waals surface area contributed by atoms with E-state index in [0.29, 0.717) is 10.8 Å². The monoisotopic (exact) mass is 475 g/mol. The fraction of sp³-hybridized carbons (Fsp3) is 0. The fourth-order valence-corrected chi connectivity index (χ4v) is 4.25. The Balaban J connectivity index is 1.75. The van der Waals surface area contributed by atoms with Crippen LogP contribution in [0.25, 0.3) is 11.3 Å². The predicted molar refractivity (Wildman–Crippen MR) is 116 cm³/mol. The third-order valence-corrected chi connectivity index (χ3v) is 6.12. The molecule has 0 atom stereocenters. The molecule has 0 aliphatic heterocycles. The molecule has 0 amide bonds. The Morgan fingerprint density at radius 1 is 1.00 bits per heavy atom. The summed E-state index contributed by atoms with van der Waals surface area (Å²) < 4.78 is 47.4. The molecular formula is C21H15ClFN3O5S. The molecule has 1 aromatic heterocycles. The SMILES string of the molecule is O=S(=O)(Nc1ccccc1F)c1cc(-c2[nH]ncc2Oc2ccccc2Cl)c(O)cc1O. The molecule has 0 radical (unpaired) electrons. The number of nitrogens with zero attached hydrogens (tertiary/aromatic N) is 1. The van der Waals surface area contributed by atoms with E-state index in [-0.39, 0.29) is 22.7 Å². The number of aromatic hydroxyl groups is 2. The van der Waals surface area contributed by atoms with Crippen molar-refractivity contribution in [2.45, 2.75) is 4.90 Å². The Morgan fingerprint density at radius 3 is 2.47 bits per heavy atom. The summed E-state index contributed by atoms with van der Waals surface area (Å²) in [6.45, 7) is 0. The van der Waals surface area contributed by atoms with Crippen molar-refractivity contribution in [3.8, 4) is 34.3 Å². The first-order valence-electron chi connectivity index (χ1n) is 9.05. The molecule has 32 heavy (non-hydrogen) atoms. The molecule has 0 saturated carbocycles. The Morgan fingerprint density at radius 2 is 1.72 bits per heavy atom. The van der Waals surface area contributed by atoms with Crippen molar-refractivity contribution >= 4 is 27.3 Å². The van der Waals surface area contributed by atoms with Crippen LogP contribution < -0.4 is 9.46 Å². The van der Waals surface area contributed by atoms with Crippen molar-refractivity contribution in [1.29, 1.82) is 0 Å². The number of halogens is 2. The number of hydrogen-bond donors (Lipinski definition) is 4. The number of nitrogens with one attached hydrogen (secondary N) is 2. The number of sulfonamides is 1. The Kier molecular flexibility index (Phi) is 5.64. The maximum Gasteiger partial charge on any atom is 0.265 e.